The van der Waals surface area contributed by atoms with Crippen molar-refractivity contribution in [3.8, 4) is 0 Å². The van der Waals surface area contributed by atoms with E-state index < -0.39 is 6.09 Å². The van der Waals surface area contributed by atoms with E-state index in [0.717, 1.165) is 37.0 Å². The Morgan fingerprint density at radius 2 is 2.11 bits per heavy atom. The molecule has 3 rings (SSSR count). The first-order chi connectivity index (χ1) is 13.6. The van der Waals surface area contributed by atoms with E-state index in [4.69, 9.17) is 14.2 Å². The number of ether oxygens (including phenoxy) is 3. The standard InChI is InChI=1S/C22H29NO5/c1-17(15-27-21-12-5-6-13-26-21)8-7-11-20(24)23-19(16-28-22(23)25)14-18-9-3-2-4-10-18/h2-4,8-10,19,21H,5-7,11-16H2,1H3/b17-8-. The van der Waals surface area contributed by atoms with Crippen molar-refractivity contribution in [3.05, 3.63) is 47.5 Å². The fourth-order valence-electron chi connectivity index (χ4n) is 3.49. The number of amides is 2. The summed E-state index contributed by atoms with van der Waals surface area (Å²) in [6.07, 6.45) is 5.97. The second kappa shape index (κ2) is 10.4. The van der Waals surface area contributed by atoms with Gasteiger partial charge in [-0.05, 0) is 44.6 Å². The molecule has 2 aliphatic rings. The Labute approximate surface area is 166 Å². The SMILES string of the molecule is C/C(=C/CCC(=O)N1C(=O)OCC1Cc1ccccc1)COC1CCCCO1. The normalized spacial score (nSPS) is 23.0. The predicted molar refractivity (Wildman–Crippen MR) is 105 cm³/mol. The van der Waals surface area contributed by atoms with Gasteiger partial charge in [0.15, 0.2) is 6.29 Å². The lowest BCUT2D eigenvalue weighted by Gasteiger charge is -2.22. The van der Waals surface area contributed by atoms with Gasteiger partial charge in [0.1, 0.15) is 6.61 Å². The lowest BCUT2D eigenvalue weighted by atomic mass is 10.1. The molecule has 152 valence electrons. The van der Waals surface area contributed by atoms with Crippen LogP contribution in [0.25, 0.3) is 0 Å². The van der Waals surface area contributed by atoms with Crippen molar-refractivity contribution >= 4 is 12.0 Å². The third kappa shape index (κ3) is 5.91. The zero-order valence-corrected chi connectivity index (χ0v) is 16.5. The summed E-state index contributed by atoms with van der Waals surface area (Å²) in [5.74, 6) is -0.191. The highest BCUT2D eigenvalue weighted by Gasteiger charge is 2.37. The molecule has 2 atom stereocenters. The number of imide groups is 1. The third-order valence-electron chi connectivity index (χ3n) is 5.03. The van der Waals surface area contributed by atoms with Crippen LogP contribution < -0.4 is 0 Å². The summed E-state index contributed by atoms with van der Waals surface area (Å²) in [7, 11) is 0. The van der Waals surface area contributed by atoms with Crippen LogP contribution in [0, 0.1) is 0 Å². The Balaban J connectivity index is 1.45. The Morgan fingerprint density at radius 3 is 2.86 bits per heavy atom. The van der Waals surface area contributed by atoms with Gasteiger partial charge in [-0.2, -0.15) is 0 Å². The van der Waals surface area contributed by atoms with Crippen LogP contribution in [0.3, 0.4) is 0 Å². The van der Waals surface area contributed by atoms with E-state index in [1.807, 2.05) is 43.3 Å². The maximum absolute atomic E-state index is 12.6. The van der Waals surface area contributed by atoms with Crippen molar-refractivity contribution in [2.75, 3.05) is 19.8 Å². The Bertz CT molecular complexity index is 681. The molecule has 2 fully saturated rings. The van der Waals surface area contributed by atoms with Gasteiger partial charge in [0.2, 0.25) is 5.91 Å². The number of nitrogens with zero attached hydrogens (tertiary/aromatic N) is 1. The number of hydrogen-bond acceptors (Lipinski definition) is 5. The molecule has 0 N–H and O–H groups in total. The highest BCUT2D eigenvalue weighted by Crippen LogP contribution is 2.19. The molecular formula is C22H29NO5. The summed E-state index contributed by atoms with van der Waals surface area (Å²) in [5.41, 5.74) is 2.15. The van der Waals surface area contributed by atoms with E-state index in [9.17, 15) is 9.59 Å². The minimum atomic E-state index is -0.538. The summed E-state index contributed by atoms with van der Waals surface area (Å²) in [6.45, 7) is 3.50. The van der Waals surface area contributed by atoms with Gasteiger partial charge in [0, 0.05) is 13.0 Å². The second-order valence-corrected chi connectivity index (χ2v) is 7.38. The van der Waals surface area contributed by atoms with Crippen LogP contribution >= 0.6 is 0 Å². The average Bonchev–Trinajstić information content (AvgIpc) is 3.08. The van der Waals surface area contributed by atoms with Crippen LogP contribution in [-0.2, 0) is 25.4 Å². The lowest BCUT2D eigenvalue weighted by molar-refractivity contribution is -0.156. The maximum Gasteiger partial charge on any atom is 0.416 e. The molecule has 0 aliphatic carbocycles. The van der Waals surface area contributed by atoms with Gasteiger partial charge in [-0.25, -0.2) is 9.69 Å². The maximum atomic E-state index is 12.6. The number of allylic oxidation sites excluding steroid dienone is 1. The van der Waals surface area contributed by atoms with Gasteiger partial charge < -0.3 is 14.2 Å². The molecule has 6 heteroatoms. The summed E-state index contributed by atoms with van der Waals surface area (Å²) in [6, 6.07) is 9.60. The van der Waals surface area contributed by atoms with Gasteiger partial charge in [-0.3, -0.25) is 4.79 Å². The monoisotopic (exact) mass is 387 g/mol. The summed E-state index contributed by atoms with van der Waals surface area (Å²) in [5, 5.41) is 0. The van der Waals surface area contributed by atoms with E-state index in [2.05, 4.69) is 0 Å². The fourth-order valence-corrected chi connectivity index (χ4v) is 3.49. The van der Waals surface area contributed by atoms with Gasteiger partial charge in [0.05, 0.1) is 12.6 Å². The number of cyclic esters (lactones) is 1. The zero-order valence-electron chi connectivity index (χ0n) is 16.5. The summed E-state index contributed by atoms with van der Waals surface area (Å²) in [4.78, 5) is 25.9. The van der Waals surface area contributed by atoms with Crippen LogP contribution in [0.15, 0.2) is 42.0 Å². The molecule has 0 saturated carbocycles. The van der Waals surface area contributed by atoms with Gasteiger partial charge in [-0.15, -0.1) is 0 Å². The minimum absolute atomic E-state index is 0.114. The molecule has 2 saturated heterocycles. The highest BCUT2D eigenvalue weighted by molar-refractivity contribution is 5.93. The zero-order chi connectivity index (χ0) is 19.8. The number of benzene rings is 1. The predicted octanol–water partition coefficient (Wildman–Crippen LogP) is 3.85. The molecule has 2 amide bonds. The van der Waals surface area contributed by atoms with E-state index >= 15 is 0 Å². The summed E-state index contributed by atoms with van der Waals surface area (Å²) >= 11 is 0. The largest absolute Gasteiger partial charge is 0.447 e. The molecule has 28 heavy (non-hydrogen) atoms. The molecule has 0 spiro atoms. The first-order valence-electron chi connectivity index (χ1n) is 10.0. The highest BCUT2D eigenvalue weighted by atomic mass is 16.7. The van der Waals surface area contributed by atoms with Crippen LogP contribution in [-0.4, -0.2) is 49.1 Å². The van der Waals surface area contributed by atoms with Gasteiger partial charge >= 0.3 is 6.09 Å². The molecule has 2 aliphatic heterocycles. The van der Waals surface area contributed by atoms with Crippen LogP contribution in [0.1, 0.15) is 44.6 Å². The number of rotatable bonds is 8. The van der Waals surface area contributed by atoms with Crippen molar-refractivity contribution in [3.63, 3.8) is 0 Å². The molecule has 0 radical (unpaired) electrons. The molecule has 0 aromatic heterocycles. The van der Waals surface area contributed by atoms with Crippen molar-refractivity contribution in [2.45, 2.75) is 57.8 Å². The van der Waals surface area contributed by atoms with Gasteiger partial charge in [0.25, 0.3) is 0 Å². The number of hydrogen-bond donors (Lipinski definition) is 0. The van der Waals surface area contributed by atoms with E-state index in [1.165, 1.54) is 4.90 Å². The van der Waals surface area contributed by atoms with Crippen LogP contribution in [0.5, 0.6) is 0 Å². The van der Waals surface area contributed by atoms with E-state index in [0.29, 0.717) is 19.4 Å². The van der Waals surface area contributed by atoms with Crippen LogP contribution in [0.2, 0.25) is 0 Å². The molecular weight excluding hydrogens is 358 g/mol. The number of carbonyl (C=O) groups excluding carboxylic acids is 2. The smallest absolute Gasteiger partial charge is 0.416 e. The topological polar surface area (TPSA) is 65.1 Å². The lowest BCUT2D eigenvalue weighted by Crippen LogP contribution is -2.40. The number of carbonyl (C=O) groups is 2. The van der Waals surface area contributed by atoms with Crippen molar-refractivity contribution in [1.82, 2.24) is 4.90 Å². The van der Waals surface area contributed by atoms with Gasteiger partial charge in [-0.1, -0.05) is 42.0 Å². The minimum Gasteiger partial charge on any atom is -0.447 e. The van der Waals surface area contributed by atoms with Crippen molar-refractivity contribution in [1.29, 1.82) is 0 Å². The third-order valence-corrected chi connectivity index (χ3v) is 5.03. The molecule has 1 aromatic rings. The quantitative estimate of drug-likeness (QED) is 0.634. The molecule has 2 unspecified atom stereocenters. The van der Waals surface area contributed by atoms with Crippen molar-refractivity contribution < 1.29 is 23.8 Å². The van der Waals surface area contributed by atoms with E-state index in [-0.39, 0.29) is 31.3 Å². The molecule has 6 nitrogen and oxygen atoms in total. The van der Waals surface area contributed by atoms with Crippen molar-refractivity contribution in [2.24, 2.45) is 0 Å². The van der Waals surface area contributed by atoms with Crippen LogP contribution in [0.4, 0.5) is 4.79 Å². The molecule has 0 bridgehead atoms. The first kappa shape index (κ1) is 20.6. The first-order valence-corrected chi connectivity index (χ1v) is 10.0. The molecule has 1 aromatic carbocycles. The molecule has 2 heterocycles. The Kier molecular flexibility index (Phi) is 7.62. The Morgan fingerprint density at radius 1 is 1.29 bits per heavy atom. The average molecular weight is 387 g/mol. The fraction of sp³-hybridized carbons (Fsp3) is 0.545. The summed E-state index contributed by atoms with van der Waals surface area (Å²) < 4.78 is 16.4. The van der Waals surface area contributed by atoms with E-state index in [1.54, 1.807) is 0 Å². The second-order valence-electron chi connectivity index (χ2n) is 7.38. The Hall–Kier alpha value is -2.18.